The Balaban J connectivity index is 1.69. The maximum absolute atomic E-state index is 12.3. The van der Waals surface area contributed by atoms with Crippen LogP contribution in [0.25, 0.3) is 10.9 Å². The van der Waals surface area contributed by atoms with Gasteiger partial charge in [-0.25, -0.2) is 0 Å². The molecule has 1 fully saturated rings. The highest BCUT2D eigenvalue weighted by Crippen LogP contribution is 2.39. The van der Waals surface area contributed by atoms with Gasteiger partial charge in [0.2, 0.25) is 5.88 Å². The van der Waals surface area contributed by atoms with Gasteiger partial charge in [-0.2, -0.15) is 0 Å². The van der Waals surface area contributed by atoms with Gasteiger partial charge in [0.1, 0.15) is 5.69 Å². The molecule has 0 saturated carbocycles. The minimum absolute atomic E-state index is 0.0346. The van der Waals surface area contributed by atoms with Crippen molar-refractivity contribution in [1.82, 2.24) is 9.55 Å². The molecule has 0 radical (unpaired) electrons. The van der Waals surface area contributed by atoms with Gasteiger partial charge in [0.25, 0.3) is 0 Å². The Morgan fingerprint density at radius 3 is 2.69 bits per heavy atom. The van der Waals surface area contributed by atoms with Gasteiger partial charge >= 0.3 is 5.91 Å². The fourth-order valence-corrected chi connectivity index (χ4v) is 4.16. The lowest BCUT2D eigenvalue weighted by Gasteiger charge is -2.18. The zero-order chi connectivity index (χ0) is 20.2. The number of fused-ring (bicyclic) bond motifs is 1. The topological polar surface area (TPSA) is 84.3 Å². The van der Waals surface area contributed by atoms with Crippen LogP contribution < -0.4 is 4.90 Å². The molecule has 4 rings (SSSR count). The monoisotopic (exact) mass is 456 g/mol. The van der Waals surface area contributed by atoms with Crippen LogP contribution in [0, 0.1) is 0 Å². The molecule has 0 atom stereocenters. The van der Waals surface area contributed by atoms with E-state index in [9.17, 15) is 9.90 Å². The minimum atomic E-state index is -0.543. The van der Waals surface area contributed by atoms with Crippen LogP contribution in [0.15, 0.2) is 57.3 Å². The summed E-state index contributed by atoms with van der Waals surface area (Å²) in [5.74, 6) is -0.508. The van der Waals surface area contributed by atoms with E-state index in [1.807, 2.05) is 22.8 Å². The molecule has 2 aromatic heterocycles. The number of nitrogens with zero attached hydrogens (tertiary/aromatic N) is 4. The predicted octanol–water partition coefficient (Wildman–Crippen LogP) is 3.84. The number of azo groups is 1. The molecule has 1 saturated heterocycles. The molecule has 150 valence electrons. The van der Waals surface area contributed by atoms with E-state index in [2.05, 4.69) is 31.1 Å². The first-order valence-corrected chi connectivity index (χ1v) is 10.6. The number of aromatic nitrogens is 2. The summed E-state index contributed by atoms with van der Waals surface area (Å²) in [4.78, 5) is 17.7. The summed E-state index contributed by atoms with van der Waals surface area (Å²) < 4.78 is 2.75. The lowest BCUT2D eigenvalue weighted by molar-refractivity contribution is -0.921. The number of pyridine rings is 1. The molecule has 3 heterocycles. The maximum atomic E-state index is 12.3. The van der Waals surface area contributed by atoms with Gasteiger partial charge < -0.3 is 10.0 Å². The number of aromatic hydroxyl groups is 1. The number of rotatable bonds is 4. The molecule has 8 heteroatoms. The van der Waals surface area contributed by atoms with E-state index in [4.69, 9.17) is 0 Å². The van der Waals surface area contributed by atoms with Crippen molar-refractivity contribution in [3.63, 3.8) is 0 Å². The average molecular weight is 457 g/mol. The zero-order valence-corrected chi connectivity index (χ0v) is 17.6. The number of nitrogens with one attached hydrogen (secondary N) is 1. The van der Waals surface area contributed by atoms with Crippen LogP contribution in [0.5, 0.6) is 5.88 Å². The fourth-order valence-electron chi connectivity index (χ4n) is 3.80. The highest BCUT2D eigenvalue weighted by Gasteiger charge is 2.21. The quantitative estimate of drug-likeness (QED) is 0.584. The molecule has 7 nitrogen and oxygen atoms in total. The molecule has 1 aromatic carbocycles. The number of likely N-dealkylation sites (tertiary alicyclic amines) is 1. The number of carbonyl (C=O) groups is 1. The number of carbonyl (C=O) groups excluding carboxylic acids is 1. The van der Waals surface area contributed by atoms with Gasteiger partial charge in [-0.05, 0) is 56.0 Å². The Bertz CT molecular complexity index is 1040. The molecule has 1 aliphatic rings. The molecule has 0 bridgehead atoms. The van der Waals surface area contributed by atoms with Crippen LogP contribution in [-0.2, 0) is 6.67 Å². The third kappa shape index (κ3) is 4.38. The van der Waals surface area contributed by atoms with Crippen LogP contribution in [0.1, 0.15) is 36.2 Å². The SMILES string of the molecule is O=C(N=Nc1c(O)n(C[NH+]2CCCCCC2)c2ccc(Br)cc12)c1ccccn1. The van der Waals surface area contributed by atoms with E-state index in [1.165, 1.54) is 36.8 Å². The molecule has 1 amide bonds. The van der Waals surface area contributed by atoms with Gasteiger partial charge in [0.05, 0.1) is 18.6 Å². The second-order valence-electron chi connectivity index (χ2n) is 7.30. The van der Waals surface area contributed by atoms with Crippen molar-refractivity contribution < 1.29 is 14.8 Å². The summed E-state index contributed by atoms with van der Waals surface area (Å²) in [5, 5.41) is 19.6. The Hall–Kier alpha value is -2.58. The summed E-state index contributed by atoms with van der Waals surface area (Å²) in [6.07, 6.45) is 6.47. The Morgan fingerprint density at radius 1 is 1.17 bits per heavy atom. The highest BCUT2D eigenvalue weighted by molar-refractivity contribution is 9.10. The van der Waals surface area contributed by atoms with Crippen LogP contribution in [0.2, 0.25) is 0 Å². The first kappa shape index (κ1) is 19.7. The number of quaternary nitrogens is 1. The molecule has 29 heavy (non-hydrogen) atoms. The third-order valence-electron chi connectivity index (χ3n) is 5.29. The van der Waals surface area contributed by atoms with Crippen LogP contribution in [0.4, 0.5) is 5.69 Å². The average Bonchev–Trinajstić information content (AvgIpc) is 2.90. The summed E-state index contributed by atoms with van der Waals surface area (Å²) in [5.41, 5.74) is 1.40. The van der Waals surface area contributed by atoms with Gasteiger partial charge in [-0.3, -0.25) is 14.3 Å². The van der Waals surface area contributed by atoms with E-state index in [1.54, 1.807) is 18.2 Å². The van der Waals surface area contributed by atoms with E-state index in [0.717, 1.165) is 28.5 Å². The molecule has 0 unspecified atom stereocenters. The third-order valence-corrected chi connectivity index (χ3v) is 5.78. The van der Waals surface area contributed by atoms with Crippen molar-refractivity contribution in [3.8, 4) is 5.88 Å². The largest absolute Gasteiger partial charge is 0.493 e. The molecule has 2 N–H and O–H groups in total. The number of hydrogen-bond acceptors (Lipinski definition) is 4. The molecule has 0 spiro atoms. The minimum Gasteiger partial charge on any atom is -0.493 e. The Kier molecular flexibility index (Phi) is 6.01. The molecular weight excluding hydrogens is 434 g/mol. The van der Waals surface area contributed by atoms with Crippen molar-refractivity contribution in [2.75, 3.05) is 13.1 Å². The number of amides is 1. The van der Waals surface area contributed by atoms with Crippen molar-refractivity contribution >= 4 is 38.4 Å². The van der Waals surface area contributed by atoms with Crippen molar-refractivity contribution in [3.05, 3.63) is 52.8 Å². The maximum Gasteiger partial charge on any atom is 0.313 e. The first-order chi connectivity index (χ1) is 14.1. The second kappa shape index (κ2) is 8.84. The van der Waals surface area contributed by atoms with Gasteiger partial charge in [0, 0.05) is 16.1 Å². The van der Waals surface area contributed by atoms with Crippen molar-refractivity contribution in [2.45, 2.75) is 32.4 Å². The summed E-state index contributed by atoms with van der Waals surface area (Å²) >= 11 is 3.48. The fraction of sp³-hybridized carbons (Fsp3) is 0.333. The zero-order valence-electron chi connectivity index (χ0n) is 16.0. The van der Waals surface area contributed by atoms with Crippen molar-refractivity contribution in [2.24, 2.45) is 10.2 Å². The number of hydrogen-bond donors (Lipinski definition) is 2. The summed E-state index contributed by atoms with van der Waals surface area (Å²) in [6, 6.07) is 10.8. The van der Waals surface area contributed by atoms with E-state index < -0.39 is 5.91 Å². The van der Waals surface area contributed by atoms with Crippen LogP contribution in [0.3, 0.4) is 0 Å². The van der Waals surface area contributed by atoms with E-state index in [-0.39, 0.29) is 11.6 Å². The van der Waals surface area contributed by atoms with Crippen molar-refractivity contribution in [1.29, 1.82) is 0 Å². The van der Waals surface area contributed by atoms with E-state index >= 15 is 0 Å². The van der Waals surface area contributed by atoms with Gasteiger partial charge in [-0.1, -0.05) is 22.0 Å². The Labute approximate surface area is 177 Å². The highest BCUT2D eigenvalue weighted by atomic mass is 79.9. The molecule has 3 aromatic rings. The van der Waals surface area contributed by atoms with Gasteiger partial charge in [0.15, 0.2) is 12.4 Å². The summed E-state index contributed by atoms with van der Waals surface area (Å²) in [6.45, 7) is 2.84. The lowest BCUT2D eigenvalue weighted by atomic mass is 10.2. The first-order valence-electron chi connectivity index (χ1n) is 9.85. The standard InChI is InChI=1S/C21H22BrN5O2/c22-15-8-9-18-16(13-15)19(24-25-20(28)17-7-3-4-10-23-17)21(29)27(18)14-26-11-5-1-2-6-12-26/h3-4,7-10,13,29H,1-2,5-6,11-12,14H2/p+1. The van der Waals surface area contributed by atoms with Crippen LogP contribution in [-0.4, -0.2) is 33.7 Å². The smallest absolute Gasteiger partial charge is 0.313 e. The molecular formula is C21H23BrN5O2+. The normalized spacial score (nSPS) is 15.8. The lowest BCUT2D eigenvalue weighted by Crippen LogP contribution is -3.11. The summed E-state index contributed by atoms with van der Waals surface area (Å²) in [7, 11) is 0. The number of benzene rings is 1. The second-order valence-corrected chi connectivity index (χ2v) is 8.22. The molecule has 0 aliphatic carbocycles. The predicted molar refractivity (Wildman–Crippen MR) is 114 cm³/mol. The van der Waals surface area contributed by atoms with E-state index in [0.29, 0.717) is 12.4 Å². The number of halogens is 1. The van der Waals surface area contributed by atoms with Gasteiger partial charge in [-0.15, -0.1) is 10.2 Å². The molecule has 1 aliphatic heterocycles. The Morgan fingerprint density at radius 2 is 1.97 bits per heavy atom. The van der Waals surface area contributed by atoms with Crippen LogP contribution >= 0.6 is 15.9 Å².